The fourth-order valence-corrected chi connectivity index (χ4v) is 2.94. The van der Waals surface area contributed by atoms with E-state index >= 15 is 0 Å². The molecule has 0 atom stereocenters. The van der Waals surface area contributed by atoms with Gasteiger partial charge in [0.1, 0.15) is 5.75 Å². The lowest BCUT2D eigenvalue weighted by Gasteiger charge is -2.13. The van der Waals surface area contributed by atoms with Crippen molar-refractivity contribution in [1.29, 1.82) is 0 Å². The molecule has 0 radical (unpaired) electrons. The first-order valence-corrected chi connectivity index (χ1v) is 7.00. The van der Waals surface area contributed by atoms with Crippen LogP contribution in [0.2, 0.25) is 10.0 Å². The molecule has 3 aromatic carbocycles. The van der Waals surface area contributed by atoms with Crippen molar-refractivity contribution in [2.75, 3.05) is 0 Å². The Morgan fingerprint density at radius 2 is 1.70 bits per heavy atom. The van der Waals surface area contributed by atoms with Gasteiger partial charge in [0, 0.05) is 15.6 Å². The molecule has 1 N–H and O–H groups in total. The molecule has 0 heterocycles. The molecule has 0 aliphatic carbocycles. The number of benzene rings is 3. The predicted molar refractivity (Wildman–Crippen MR) is 85.8 cm³/mol. The first kappa shape index (κ1) is 13.3. The van der Waals surface area contributed by atoms with Crippen LogP contribution in [-0.4, -0.2) is 5.11 Å². The molecular formula is C17H12Cl2O. The summed E-state index contributed by atoms with van der Waals surface area (Å²) in [5.41, 5.74) is 2.53. The predicted octanol–water partition coefficient (Wildman–Crippen LogP) is 5.83. The molecule has 1 nitrogen and oxygen atoms in total. The highest BCUT2D eigenvalue weighted by atomic mass is 35.5. The zero-order valence-corrected chi connectivity index (χ0v) is 12.3. The number of hydrogen-bond acceptors (Lipinski definition) is 1. The second kappa shape index (κ2) is 5.01. The lowest BCUT2D eigenvalue weighted by molar-refractivity contribution is 0.478. The second-order valence-corrected chi connectivity index (χ2v) is 5.58. The van der Waals surface area contributed by atoms with Crippen molar-refractivity contribution < 1.29 is 5.11 Å². The molecule has 0 saturated carbocycles. The van der Waals surface area contributed by atoms with Crippen LogP contribution >= 0.6 is 23.2 Å². The van der Waals surface area contributed by atoms with Crippen LogP contribution in [0.25, 0.3) is 21.9 Å². The number of hydrogen-bond donors (Lipinski definition) is 1. The monoisotopic (exact) mass is 302 g/mol. The summed E-state index contributed by atoms with van der Waals surface area (Å²) < 4.78 is 0. The maximum absolute atomic E-state index is 10.3. The van der Waals surface area contributed by atoms with Gasteiger partial charge in [-0.15, -0.1) is 0 Å². The SMILES string of the molecule is Cc1c(Cl)cc(Cl)cc1-c1c(O)ccc2ccccc12. The van der Waals surface area contributed by atoms with E-state index in [9.17, 15) is 5.11 Å². The average Bonchev–Trinajstić information content (AvgIpc) is 2.43. The van der Waals surface area contributed by atoms with Crippen molar-refractivity contribution >= 4 is 34.0 Å². The molecule has 0 aliphatic rings. The Morgan fingerprint density at radius 3 is 2.50 bits per heavy atom. The smallest absolute Gasteiger partial charge is 0.124 e. The Hall–Kier alpha value is -1.70. The summed E-state index contributed by atoms with van der Waals surface area (Å²) in [5.74, 6) is 0.227. The van der Waals surface area contributed by atoms with Crippen molar-refractivity contribution in [2.24, 2.45) is 0 Å². The summed E-state index contributed by atoms with van der Waals surface area (Å²) >= 11 is 12.3. The van der Waals surface area contributed by atoms with E-state index in [0.29, 0.717) is 10.0 Å². The minimum Gasteiger partial charge on any atom is -0.507 e. The van der Waals surface area contributed by atoms with Crippen LogP contribution in [0.3, 0.4) is 0 Å². The fourth-order valence-electron chi connectivity index (χ4n) is 2.45. The Morgan fingerprint density at radius 1 is 0.950 bits per heavy atom. The summed E-state index contributed by atoms with van der Waals surface area (Å²) in [6.07, 6.45) is 0. The summed E-state index contributed by atoms with van der Waals surface area (Å²) in [7, 11) is 0. The third kappa shape index (κ3) is 2.13. The summed E-state index contributed by atoms with van der Waals surface area (Å²) in [5, 5.41) is 13.5. The van der Waals surface area contributed by atoms with Crippen LogP contribution in [0.5, 0.6) is 5.75 Å². The summed E-state index contributed by atoms with van der Waals surface area (Å²) in [6.45, 7) is 1.93. The van der Waals surface area contributed by atoms with E-state index < -0.39 is 0 Å². The highest BCUT2D eigenvalue weighted by Crippen LogP contribution is 2.40. The van der Waals surface area contributed by atoms with Crippen molar-refractivity contribution in [3.8, 4) is 16.9 Å². The Balaban J connectivity index is 2.43. The lowest BCUT2D eigenvalue weighted by Crippen LogP contribution is -1.88. The molecule has 20 heavy (non-hydrogen) atoms. The standard InChI is InChI=1S/C17H12Cl2O/c1-10-14(8-12(18)9-15(10)19)17-13-5-3-2-4-11(13)6-7-16(17)20/h2-9,20H,1H3. The van der Waals surface area contributed by atoms with Crippen molar-refractivity contribution in [2.45, 2.75) is 6.92 Å². The topological polar surface area (TPSA) is 20.2 Å². The van der Waals surface area contributed by atoms with Gasteiger partial charge in [0.25, 0.3) is 0 Å². The average molecular weight is 303 g/mol. The third-order valence-electron chi connectivity index (χ3n) is 3.49. The van der Waals surface area contributed by atoms with Crippen LogP contribution in [0, 0.1) is 6.92 Å². The van der Waals surface area contributed by atoms with Crippen LogP contribution in [0.1, 0.15) is 5.56 Å². The van der Waals surface area contributed by atoms with Crippen LogP contribution < -0.4 is 0 Å². The minimum absolute atomic E-state index is 0.227. The quantitative estimate of drug-likeness (QED) is 0.600. The molecular weight excluding hydrogens is 291 g/mol. The van der Waals surface area contributed by atoms with E-state index in [2.05, 4.69) is 0 Å². The van der Waals surface area contributed by atoms with E-state index in [1.165, 1.54) is 0 Å². The fraction of sp³-hybridized carbons (Fsp3) is 0.0588. The lowest BCUT2D eigenvalue weighted by atomic mass is 9.94. The molecule has 0 aromatic heterocycles. The number of rotatable bonds is 1. The van der Waals surface area contributed by atoms with E-state index in [1.54, 1.807) is 12.1 Å². The normalized spacial score (nSPS) is 10.9. The molecule has 3 aromatic rings. The van der Waals surface area contributed by atoms with Gasteiger partial charge >= 0.3 is 0 Å². The van der Waals surface area contributed by atoms with Crippen molar-refractivity contribution in [1.82, 2.24) is 0 Å². The summed E-state index contributed by atoms with van der Waals surface area (Å²) in [6, 6.07) is 15.1. The summed E-state index contributed by atoms with van der Waals surface area (Å²) in [4.78, 5) is 0. The van der Waals surface area contributed by atoms with Gasteiger partial charge in [0.2, 0.25) is 0 Å². The Kier molecular flexibility index (Phi) is 3.33. The highest BCUT2D eigenvalue weighted by molar-refractivity contribution is 6.35. The number of fused-ring (bicyclic) bond motifs is 1. The third-order valence-corrected chi connectivity index (χ3v) is 4.10. The number of aromatic hydroxyl groups is 1. The van der Waals surface area contributed by atoms with E-state index in [0.717, 1.165) is 27.5 Å². The van der Waals surface area contributed by atoms with Crippen LogP contribution in [0.15, 0.2) is 48.5 Å². The van der Waals surface area contributed by atoms with Gasteiger partial charge in [-0.3, -0.25) is 0 Å². The first-order chi connectivity index (χ1) is 9.58. The largest absolute Gasteiger partial charge is 0.507 e. The number of phenolic OH excluding ortho intramolecular Hbond substituents is 1. The second-order valence-electron chi connectivity index (χ2n) is 4.74. The van der Waals surface area contributed by atoms with Gasteiger partial charge in [-0.1, -0.05) is 53.5 Å². The molecule has 0 aliphatic heterocycles. The number of phenols is 1. The first-order valence-electron chi connectivity index (χ1n) is 6.24. The molecule has 0 spiro atoms. The van der Waals surface area contributed by atoms with Crippen molar-refractivity contribution in [3.05, 3.63) is 64.1 Å². The molecule has 0 saturated heterocycles. The molecule has 3 heteroatoms. The van der Waals surface area contributed by atoms with Gasteiger partial charge in [0.15, 0.2) is 0 Å². The molecule has 0 amide bonds. The maximum atomic E-state index is 10.3. The van der Waals surface area contributed by atoms with Crippen molar-refractivity contribution in [3.63, 3.8) is 0 Å². The Labute approximate surface area is 127 Å². The van der Waals surface area contributed by atoms with E-state index in [4.69, 9.17) is 23.2 Å². The minimum atomic E-state index is 0.227. The Bertz CT molecular complexity index is 809. The molecule has 100 valence electrons. The van der Waals surface area contributed by atoms with Gasteiger partial charge in [-0.05, 0) is 47.0 Å². The molecule has 0 bridgehead atoms. The van der Waals surface area contributed by atoms with Gasteiger partial charge in [-0.2, -0.15) is 0 Å². The molecule has 3 rings (SSSR count). The number of halogens is 2. The van der Waals surface area contributed by atoms with Crippen LogP contribution in [0.4, 0.5) is 0 Å². The van der Waals surface area contributed by atoms with Gasteiger partial charge in [-0.25, -0.2) is 0 Å². The van der Waals surface area contributed by atoms with E-state index in [-0.39, 0.29) is 5.75 Å². The van der Waals surface area contributed by atoms with Gasteiger partial charge < -0.3 is 5.11 Å². The molecule has 0 fully saturated rings. The van der Waals surface area contributed by atoms with Crippen LogP contribution in [-0.2, 0) is 0 Å². The maximum Gasteiger partial charge on any atom is 0.124 e. The zero-order valence-electron chi connectivity index (χ0n) is 10.8. The van der Waals surface area contributed by atoms with Gasteiger partial charge in [0.05, 0.1) is 0 Å². The molecule has 0 unspecified atom stereocenters. The van der Waals surface area contributed by atoms with E-state index in [1.807, 2.05) is 43.3 Å². The zero-order chi connectivity index (χ0) is 14.3. The highest BCUT2D eigenvalue weighted by Gasteiger charge is 2.14.